The monoisotopic (exact) mass is 119 g/mol. The molecular weight excluding hydrogens is 106 g/mol. The molecule has 1 nitrogen and oxygen atoms in total. The molecule has 0 aliphatic carbocycles. The van der Waals surface area contributed by atoms with Gasteiger partial charge in [-0.2, -0.15) is 12.6 Å². The second-order valence-electron chi connectivity index (χ2n) is 2.29. The van der Waals surface area contributed by atoms with E-state index in [4.69, 9.17) is 0 Å². The van der Waals surface area contributed by atoms with Crippen LogP contribution in [0.15, 0.2) is 0 Å². The Kier molecular flexibility index (Phi) is 2.69. The van der Waals surface area contributed by atoms with Crippen molar-refractivity contribution in [3.05, 3.63) is 0 Å². The molecule has 0 rings (SSSR count). The van der Waals surface area contributed by atoms with Crippen molar-refractivity contribution in [3.8, 4) is 0 Å². The van der Waals surface area contributed by atoms with E-state index < -0.39 is 0 Å². The molecule has 7 heavy (non-hydrogen) atoms. The van der Waals surface area contributed by atoms with E-state index in [0.717, 1.165) is 5.75 Å². The lowest BCUT2D eigenvalue weighted by molar-refractivity contribution is 0.479. The molecule has 0 spiro atoms. The number of hydrogen-bond acceptors (Lipinski definition) is 2. The molecule has 0 saturated carbocycles. The first-order valence-corrected chi connectivity index (χ1v) is 3.05. The molecule has 0 aliphatic heterocycles. The molecule has 0 aliphatic rings. The van der Waals surface area contributed by atoms with Crippen molar-refractivity contribution < 1.29 is 0 Å². The van der Waals surface area contributed by atoms with Crippen LogP contribution < -0.4 is 5.32 Å². The number of rotatable bonds is 2. The van der Waals surface area contributed by atoms with Crippen molar-refractivity contribution >= 4 is 12.6 Å². The third-order valence-corrected chi connectivity index (χ3v) is 1.86. The van der Waals surface area contributed by atoms with E-state index in [-0.39, 0.29) is 5.54 Å². The van der Waals surface area contributed by atoms with Crippen LogP contribution in [0.1, 0.15) is 13.8 Å². The van der Waals surface area contributed by atoms with Gasteiger partial charge in [0.2, 0.25) is 0 Å². The van der Waals surface area contributed by atoms with E-state index in [2.05, 4.69) is 31.8 Å². The summed E-state index contributed by atoms with van der Waals surface area (Å²) in [6.07, 6.45) is 0. The minimum atomic E-state index is 0.198. The van der Waals surface area contributed by atoms with Gasteiger partial charge in [-0.15, -0.1) is 0 Å². The normalized spacial score (nSPS) is 12.0. The van der Waals surface area contributed by atoms with Crippen LogP contribution in [0.2, 0.25) is 0 Å². The summed E-state index contributed by atoms with van der Waals surface area (Å²) in [5.74, 6) is 0.878. The first kappa shape index (κ1) is 7.31. The predicted molar refractivity (Wildman–Crippen MR) is 37.0 cm³/mol. The summed E-state index contributed by atoms with van der Waals surface area (Å²) in [5, 5.41) is 3.11. The van der Waals surface area contributed by atoms with Crippen LogP contribution in [0.4, 0.5) is 0 Å². The third kappa shape index (κ3) is 2.94. The molecule has 0 unspecified atom stereocenters. The smallest absolute Gasteiger partial charge is 0.0210 e. The second-order valence-corrected chi connectivity index (χ2v) is 2.61. The Morgan fingerprint density at radius 3 is 2.00 bits per heavy atom. The minimum Gasteiger partial charge on any atom is -0.314 e. The zero-order chi connectivity index (χ0) is 5.91. The van der Waals surface area contributed by atoms with Crippen molar-refractivity contribution in [1.29, 1.82) is 0 Å². The van der Waals surface area contributed by atoms with E-state index >= 15 is 0 Å². The molecule has 0 saturated heterocycles. The van der Waals surface area contributed by atoms with Gasteiger partial charge in [-0.1, -0.05) is 0 Å². The average Bonchev–Trinajstić information content (AvgIpc) is 1.68. The Bertz CT molecular complexity index is 46.0. The van der Waals surface area contributed by atoms with Crippen molar-refractivity contribution in [1.82, 2.24) is 5.32 Å². The van der Waals surface area contributed by atoms with Gasteiger partial charge in [-0.3, -0.25) is 0 Å². The van der Waals surface area contributed by atoms with E-state index in [0.29, 0.717) is 0 Å². The molecule has 0 aromatic carbocycles. The molecule has 0 bridgehead atoms. The average molecular weight is 119 g/mol. The van der Waals surface area contributed by atoms with Gasteiger partial charge in [0, 0.05) is 11.3 Å². The quantitative estimate of drug-likeness (QED) is 0.515. The fraction of sp³-hybridized carbons (Fsp3) is 1.00. The lowest BCUT2D eigenvalue weighted by Gasteiger charge is -2.20. The van der Waals surface area contributed by atoms with Gasteiger partial charge in [-0.05, 0) is 20.9 Å². The molecule has 0 amide bonds. The number of hydrogen-bond donors (Lipinski definition) is 2. The Balaban J connectivity index is 3.36. The van der Waals surface area contributed by atoms with E-state index in [1.807, 2.05) is 7.05 Å². The maximum absolute atomic E-state index is 4.12. The molecule has 1 N–H and O–H groups in total. The van der Waals surface area contributed by atoms with E-state index in [9.17, 15) is 0 Å². The maximum atomic E-state index is 4.12. The van der Waals surface area contributed by atoms with Gasteiger partial charge < -0.3 is 5.32 Å². The maximum Gasteiger partial charge on any atom is 0.0210 e. The highest BCUT2D eigenvalue weighted by Gasteiger charge is 2.09. The number of thiol groups is 1. The first-order valence-electron chi connectivity index (χ1n) is 2.42. The second kappa shape index (κ2) is 2.58. The van der Waals surface area contributed by atoms with Gasteiger partial charge in [0.1, 0.15) is 0 Å². The van der Waals surface area contributed by atoms with Crippen molar-refractivity contribution in [2.75, 3.05) is 12.8 Å². The highest BCUT2D eigenvalue weighted by Crippen LogP contribution is 2.00. The summed E-state index contributed by atoms with van der Waals surface area (Å²) in [7, 11) is 1.94. The molecular formula is C5H13NS. The standard InChI is InChI=1S/C5H13NS/c1-5(2,4-7)6-3/h6-7H,4H2,1-3H3. The molecule has 44 valence electrons. The summed E-state index contributed by atoms with van der Waals surface area (Å²) in [5.41, 5.74) is 0.198. The summed E-state index contributed by atoms with van der Waals surface area (Å²) in [6.45, 7) is 4.22. The number of nitrogens with one attached hydrogen (secondary N) is 1. The fourth-order valence-electron chi connectivity index (χ4n) is 0.0791. The highest BCUT2D eigenvalue weighted by atomic mass is 32.1. The van der Waals surface area contributed by atoms with Crippen LogP contribution in [0.3, 0.4) is 0 Å². The zero-order valence-electron chi connectivity index (χ0n) is 5.15. The third-order valence-electron chi connectivity index (χ3n) is 1.07. The van der Waals surface area contributed by atoms with E-state index in [1.165, 1.54) is 0 Å². The topological polar surface area (TPSA) is 12.0 Å². The SMILES string of the molecule is CNC(C)(C)CS. The molecule has 0 radical (unpaired) electrons. The van der Waals surface area contributed by atoms with Crippen LogP contribution in [-0.2, 0) is 0 Å². The first-order chi connectivity index (χ1) is 3.12. The van der Waals surface area contributed by atoms with Crippen molar-refractivity contribution in [3.63, 3.8) is 0 Å². The minimum absolute atomic E-state index is 0.198. The van der Waals surface area contributed by atoms with Gasteiger partial charge in [0.15, 0.2) is 0 Å². The largest absolute Gasteiger partial charge is 0.314 e. The molecule has 0 fully saturated rings. The van der Waals surface area contributed by atoms with Crippen molar-refractivity contribution in [2.45, 2.75) is 19.4 Å². The van der Waals surface area contributed by atoms with Crippen LogP contribution in [0.5, 0.6) is 0 Å². The zero-order valence-corrected chi connectivity index (χ0v) is 6.05. The van der Waals surface area contributed by atoms with Crippen LogP contribution in [0.25, 0.3) is 0 Å². The Hall–Kier alpha value is 0.310. The summed E-state index contributed by atoms with van der Waals surface area (Å²) in [4.78, 5) is 0. The van der Waals surface area contributed by atoms with Gasteiger partial charge in [0.25, 0.3) is 0 Å². The predicted octanol–water partition coefficient (Wildman–Crippen LogP) is 0.914. The van der Waals surface area contributed by atoms with Gasteiger partial charge in [0.05, 0.1) is 0 Å². The van der Waals surface area contributed by atoms with E-state index in [1.54, 1.807) is 0 Å². The Morgan fingerprint density at radius 2 is 2.00 bits per heavy atom. The fourth-order valence-corrected chi connectivity index (χ4v) is 0.237. The Morgan fingerprint density at radius 1 is 1.57 bits per heavy atom. The van der Waals surface area contributed by atoms with Gasteiger partial charge >= 0.3 is 0 Å². The lowest BCUT2D eigenvalue weighted by atomic mass is 10.1. The molecule has 0 heterocycles. The lowest BCUT2D eigenvalue weighted by Crippen LogP contribution is -2.37. The molecule has 0 aromatic rings. The Labute approximate surface area is 50.9 Å². The van der Waals surface area contributed by atoms with Crippen LogP contribution in [0, 0.1) is 0 Å². The molecule has 0 aromatic heterocycles. The van der Waals surface area contributed by atoms with Crippen molar-refractivity contribution in [2.24, 2.45) is 0 Å². The van der Waals surface area contributed by atoms with Gasteiger partial charge in [-0.25, -0.2) is 0 Å². The highest BCUT2D eigenvalue weighted by molar-refractivity contribution is 7.80. The summed E-state index contributed by atoms with van der Waals surface area (Å²) >= 11 is 4.12. The van der Waals surface area contributed by atoms with Crippen LogP contribution in [-0.4, -0.2) is 18.3 Å². The molecule has 2 heteroatoms. The summed E-state index contributed by atoms with van der Waals surface area (Å²) < 4.78 is 0. The summed E-state index contributed by atoms with van der Waals surface area (Å²) in [6, 6.07) is 0. The van der Waals surface area contributed by atoms with Crippen LogP contribution >= 0.6 is 12.6 Å². The molecule has 0 atom stereocenters.